The van der Waals surface area contributed by atoms with E-state index in [1.54, 1.807) is 0 Å². The highest BCUT2D eigenvalue weighted by atomic mass is 14.7. The van der Waals surface area contributed by atoms with Crippen LogP contribution in [0.15, 0.2) is 146 Å². The average Bonchev–Trinajstić information content (AvgIpc) is 3.39. The van der Waals surface area contributed by atoms with Gasteiger partial charge in [0.25, 0.3) is 0 Å². The van der Waals surface area contributed by atoms with Gasteiger partial charge in [0.2, 0.25) is 0 Å². The van der Waals surface area contributed by atoms with Crippen molar-refractivity contribution in [2.24, 2.45) is 0 Å². The molecule has 1 aromatic heterocycles. The molecule has 0 aliphatic heterocycles. The first-order valence-corrected chi connectivity index (χ1v) is 12.7. The first-order valence-electron chi connectivity index (χ1n) is 12.7. The molecule has 1 heterocycles. The molecule has 1 nitrogen and oxygen atoms in total. The monoisotopic (exact) mass is 471 g/mol. The van der Waals surface area contributed by atoms with Gasteiger partial charge in [-0.15, -0.1) is 0 Å². The summed E-state index contributed by atoms with van der Waals surface area (Å²) in [5.41, 5.74) is 12.1. The third-order valence-electron chi connectivity index (χ3n) is 7.25. The lowest BCUT2D eigenvalue weighted by Gasteiger charge is -2.12. The third kappa shape index (κ3) is 3.64. The fourth-order valence-electron chi connectivity index (χ4n) is 5.54. The average molecular weight is 472 g/mol. The maximum absolute atomic E-state index is 3.93. The highest BCUT2D eigenvalue weighted by molar-refractivity contribution is 6.24. The van der Waals surface area contributed by atoms with E-state index in [2.05, 4.69) is 151 Å². The Balaban J connectivity index is 1.68. The topological polar surface area (TPSA) is 15.8 Å². The van der Waals surface area contributed by atoms with Crippen LogP contribution in [-0.4, -0.2) is 4.98 Å². The summed E-state index contributed by atoms with van der Waals surface area (Å²) in [5.74, 6) is 0. The van der Waals surface area contributed by atoms with Crippen LogP contribution in [0, 0.1) is 0 Å². The second-order valence-electron chi connectivity index (χ2n) is 9.41. The lowest BCUT2D eigenvalue weighted by Crippen LogP contribution is -1.86. The standard InChI is InChI=1S/C36H25N/c1-5-13-25(14-6-1)29-21-23-31(27-17-9-3-10-18-27)35-33(29)34-30(26-15-7-2-8-16-26)22-24-32(36(34)37-35)28-19-11-4-12-20-28/h1-24,37H. The molecule has 0 unspecified atom stereocenters. The van der Waals surface area contributed by atoms with Gasteiger partial charge < -0.3 is 4.98 Å². The highest BCUT2D eigenvalue weighted by Gasteiger charge is 2.20. The Morgan fingerprint density at radius 2 is 0.541 bits per heavy atom. The Labute approximate surface area is 216 Å². The first kappa shape index (κ1) is 21.4. The van der Waals surface area contributed by atoms with Gasteiger partial charge in [0.15, 0.2) is 0 Å². The molecule has 0 fully saturated rings. The summed E-state index contributed by atoms with van der Waals surface area (Å²) in [5, 5.41) is 2.53. The molecular weight excluding hydrogens is 446 g/mol. The minimum Gasteiger partial charge on any atom is -0.353 e. The molecule has 0 aliphatic rings. The molecule has 7 aromatic rings. The van der Waals surface area contributed by atoms with Crippen LogP contribution in [0.2, 0.25) is 0 Å². The Hall–Kier alpha value is -4.88. The fourth-order valence-corrected chi connectivity index (χ4v) is 5.54. The maximum atomic E-state index is 3.93. The van der Waals surface area contributed by atoms with Gasteiger partial charge in [-0.25, -0.2) is 0 Å². The van der Waals surface area contributed by atoms with Crippen LogP contribution in [0.1, 0.15) is 0 Å². The van der Waals surface area contributed by atoms with Gasteiger partial charge in [-0.2, -0.15) is 0 Å². The van der Waals surface area contributed by atoms with Crippen molar-refractivity contribution in [2.45, 2.75) is 0 Å². The lowest BCUT2D eigenvalue weighted by molar-refractivity contribution is 1.52. The Bertz CT molecular complexity index is 1690. The molecule has 0 amide bonds. The summed E-state index contributed by atoms with van der Waals surface area (Å²) >= 11 is 0. The second-order valence-corrected chi connectivity index (χ2v) is 9.41. The van der Waals surface area contributed by atoms with Crippen molar-refractivity contribution in [1.29, 1.82) is 0 Å². The number of rotatable bonds is 4. The molecule has 0 saturated carbocycles. The number of benzene rings is 6. The van der Waals surface area contributed by atoms with E-state index in [0.29, 0.717) is 0 Å². The van der Waals surface area contributed by atoms with Crippen molar-refractivity contribution < 1.29 is 0 Å². The Morgan fingerprint density at radius 1 is 0.270 bits per heavy atom. The predicted molar refractivity (Wildman–Crippen MR) is 158 cm³/mol. The summed E-state index contributed by atoms with van der Waals surface area (Å²) in [6.45, 7) is 0. The highest BCUT2D eigenvalue weighted by Crippen LogP contribution is 2.45. The van der Waals surface area contributed by atoms with Crippen LogP contribution in [0.25, 0.3) is 66.3 Å². The van der Waals surface area contributed by atoms with Gasteiger partial charge in [-0.05, 0) is 33.4 Å². The second kappa shape index (κ2) is 8.96. The zero-order valence-corrected chi connectivity index (χ0v) is 20.4. The molecule has 0 spiro atoms. The number of H-pyrrole nitrogens is 1. The van der Waals surface area contributed by atoms with Crippen LogP contribution in [0.5, 0.6) is 0 Å². The normalized spacial score (nSPS) is 11.2. The SMILES string of the molecule is c1ccc(-c2ccc(-c3ccccc3)c3c2[nH]c2c(-c4ccccc4)ccc(-c4ccccc4)c23)cc1. The molecule has 0 saturated heterocycles. The molecule has 1 N–H and O–H groups in total. The van der Waals surface area contributed by atoms with Crippen molar-refractivity contribution >= 4 is 21.8 Å². The minimum atomic E-state index is 1.17. The number of aromatic nitrogens is 1. The summed E-state index contributed by atoms with van der Waals surface area (Å²) < 4.78 is 0. The van der Waals surface area contributed by atoms with Crippen LogP contribution in [0.3, 0.4) is 0 Å². The molecular formula is C36H25N. The lowest BCUT2D eigenvalue weighted by atomic mass is 9.90. The van der Waals surface area contributed by atoms with Crippen LogP contribution in [-0.2, 0) is 0 Å². The molecule has 174 valence electrons. The molecule has 0 aliphatic carbocycles. The molecule has 0 atom stereocenters. The molecule has 6 aromatic carbocycles. The largest absolute Gasteiger partial charge is 0.353 e. The van der Waals surface area contributed by atoms with Crippen molar-refractivity contribution in [3.63, 3.8) is 0 Å². The van der Waals surface area contributed by atoms with Crippen molar-refractivity contribution in [3.05, 3.63) is 146 Å². The van der Waals surface area contributed by atoms with Gasteiger partial charge in [-0.3, -0.25) is 0 Å². The summed E-state index contributed by atoms with van der Waals surface area (Å²) in [4.78, 5) is 3.93. The summed E-state index contributed by atoms with van der Waals surface area (Å²) in [7, 11) is 0. The van der Waals surface area contributed by atoms with Gasteiger partial charge >= 0.3 is 0 Å². The van der Waals surface area contributed by atoms with Crippen LogP contribution < -0.4 is 0 Å². The smallest absolute Gasteiger partial charge is 0.0551 e. The maximum Gasteiger partial charge on any atom is 0.0551 e. The zero-order chi connectivity index (χ0) is 24.6. The molecule has 0 radical (unpaired) electrons. The van der Waals surface area contributed by atoms with Gasteiger partial charge in [-0.1, -0.05) is 146 Å². The van der Waals surface area contributed by atoms with E-state index >= 15 is 0 Å². The van der Waals surface area contributed by atoms with E-state index in [1.165, 1.54) is 66.3 Å². The van der Waals surface area contributed by atoms with E-state index in [1.807, 2.05) is 0 Å². The minimum absolute atomic E-state index is 1.17. The van der Waals surface area contributed by atoms with E-state index < -0.39 is 0 Å². The van der Waals surface area contributed by atoms with Crippen molar-refractivity contribution in [3.8, 4) is 44.5 Å². The molecule has 37 heavy (non-hydrogen) atoms. The Morgan fingerprint density at radius 3 is 0.865 bits per heavy atom. The number of fused-ring (bicyclic) bond motifs is 3. The third-order valence-corrected chi connectivity index (χ3v) is 7.25. The van der Waals surface area contributed by atoms with Crippen LogP contribution >= 0.6 is 0 Å². The quantitative estimate of drug-likeness (QED) is 0.263. The molecule has 1 heteroatoms. The predicted octanol–water partition coefficient (Wildman–Crippen LogP) is 9.99. The van der Waals surface area contributed by atoms with Gasteiger partial charge in [0.05, 0.1) is 11.0 Å². The van der Waals surface area contributed by atoms with Crippen molar-refractivity contribution in [2.75, 3.05) is 0 Å². The zero-order valence-electron chi connectivity index (χ0n) is 20.4. The van der Waals surface area contributed by atoms with E-state index in [4.69, 9.17) is 0 Å². The Kier molecular flexibility index (Phi) is 5.19. The summed E-state index contributed by atoms with van der Waals surface area (Å²) in [6, 6.07) is 51.9. The van der Waals surface area contributed by atoms with E-state index in [9.17, 15) is 0 Å². The van der Waals surface area contributed by atoms with E-state index in [-0.39, 0.29) is 0 Å². The van der Waals surface area contributed by atoms with Gasteiger partial charge in [0, 0.05) is 21.9 Å². The first-order chi connectivity index (χ1) is 18.4. The molecule has 7 rings (SSSR count). The molecule has 0 bridgehead atoms. The van der Waals surface area contributed by atoms with E-state index in [0.717, 1.165) is 0 Å². The van der Waals surface area contributed by atoms with Crippen LogP contribution in [0.4, 0.5) is 0 Å². The number of nitrogens with one attached hydrogen (secondary N) is 1. The fraction of sp³-hybridized carbons (Fsp3) is 0. The van der Waals surface area contributed by atoms with Gasteiger partial charge in [0.1, 0.15) is 0 Å². The number of hydrogen-bond acceptors (Lipinski definition) is 0. The number of hydrogen-bond donors (Lipinski definition) is 1. The van der Waals surface area contributed by atoms with Crippen molar-refractivity contribution in [1.82, 2.24) is 4.98 Å². The summed E-state index contributed by atoms with van der Waals surface area (Å²) in [6.07, 6.45) is 0. The number of aromatic amines is 1.